The highest BCUT2D eigenvalue weighted by Crippen LogP contribution is 2.36. The molecule has 0 aliphatic rings. The van der Waals surface area contributed by atoms with Gasteiger partial charge in [0.15, 0.2) is 6.10 Å². The van der Waals surface area contributed by atoms with Crippen molar-refractivity contribution >= 4 is 19.8 Å². The Bertz CT molecular complexity index is 915. The highest BCUT2D eigenvalue weighted by atomic mass is 31.2. The lowest BCUT2D eigenvalue weighted by molar-refractivity contribution is -0.161. The minimum Gasteiger partial charge on any atom is -0.462 e. The van der Waals surface area contributed by atoms with Crippen molar-refractivity contribution < 1.29 is 37.9 Å². The van der Waals surface area contributed by atoms with E-state index in [1.54, 1.807) is 0 Å². The molecule has 0 aliphatic heterocycles. The number of carbonyl (C=O) groups is 2. The Morgan fingerprint density at radius 3 is 1.30 bits per heavy atom. The van der Waals surface area contributed by atoms with E-state index in [4.69, 9.17) is 19.3 Å². The SMILES string of the molecule is CCCC/C=C\C/C=C\CCCCCCCC(=O)OC(COC(=O)CCCCCCCCCCCCCCCCCCCCCCC)COP(=O)(O)O. The number of hydrogen-bond donors (Lipinski definition) is 2. The molecule has 0 bridgehead atoms. The smallest absolute Gasteiger partial charge is 0.462 e. The van der Waals surface area contributed by atoms with E-state index in [9.17, 15) is 14.2 Å². The molecule has 312 valence electrons. The molecule has 0 aromatic heterocycles. The van der Waals surface area contributed by atoms with E-state index < -0.39 is 32.5 Å². The maximum absolute atomic E-state index is 12.4. The van der Waals surface area contributed by atoms with Gasteiger partial charge in [-0.2, -0.15) is 0 Å². The van der Waals surface area contributed by atoms with Crippen LogP contribution in [0, 0.1) is 0 Å². The molecule has 0 heterocycles. The number of unbranched alkanes of at least 4 members (excludes halogenated alkanes) is 27. The summed E-state index contributed by atoms with van der Waals surface area (Å²) in [5.41, 5.74) is 0. The minimum absolute atomic E-state index is 0.198. The van der Waals surface area contributed by atoms with Gasteiger partial charge in [0.05, 0.1) is 6.61 Å². The predicted octanol–water partition coefficient (Wildman–Crippen LogP) is 13.6. The summed E-state index contributed by atoms with van der Waals surface area (Å²) in [7, 11) is -4.75. The third-order valence-corrected chi connectivity index (χ3v) is 10.2. The van der Waals surface area contributed by atoms with Crippen molar-refractivity contribution in [2.45, 2.75) is 232 Å². The number of carbonyl (C=O) groups excluding carboxylic acids is 2. The Balaban J connectivity index is 3.83. The second-order valence-corrected chi connectivity index (χ2v) is 16.3. The van der Waals surface area contributed by atoms with E-state index in [-0.39, 0.29) is 19.4 Å². The molecule has 0 saturated heterocycles. The number of ether oxygens (including phenoxy) is 2. The zero-order valence-corrected chi connectivity index (χ0v) is 35.3. The highest BCUT2D eigenvalue weighted by molar-refractivity contribution is 7.46. The van der Waals surface area contributed by atoms with Crippen molar-refractivity contribution in [2.75, 3.05) is 13.2 Å². The third kappa shape index (κ3) is 43.1. The summed E-state index contributed by atoms with van der Waals surface area (Å²) in [6, 6.07) is 0. The molecule has 53 heavy (non-hydrogen) atoms. The van der Waals surface area contributed by atoms with Crippen molar-refractivity contribution in [1.82, 2.24) is 0 Å². The van der Waals surface area contributed by atoms with E-state index in [0.29, 0.717) is 6.42 Å². The standard InChI is InChI=1S/C44H83O8P/c1-3-5-7-9-11-13-15-17-19-20-21-22-23-24-25-27-28-30-32-34-36-38-43(45)50-40-42(41-51-53(47,48)49)52-44(46)39-37-35-33-31-29-26-18-16-14-12-10-8-6-4-2/h10,12,16,18,42H,3-9,11,13-15,17,19-41H2,1-2H3,(H2,47,48,49)/b12-10-,18-16-. The van der Waals surface area contributed by atoms with Crippen LogP contribution in [-0.4, -0.2) is 41.0 Å². The van der Waals surface area contributed by atoms with Crippen LogP contribution in [0.15, 0.2) is 24.3 Å². The van der Waals surface area contributed by atoms with Crippen LogP contribution in [-0.2, 0) is 28.2 Å². The summed E-state index contributed by atoms with van der Waals surface area (Å²) in [6.45, 7) is 3.66. The monoisotopic (exact) mass is 771 g/mol. The minimum atomic E-state index is -4.75. The zero-order chi connectivity index (χ0) is 38.9. The second-order valence-electron chi connectivity index (χ2n) is 15.0. The van der Waals surface area contributed by atoms with Crippen LogP contribution in [0.1, 0.15) is 226 Å². The number of phosphoric ester groups is 1. The molecule has 2 N–H and O–H groups in total. The number of rotatable bonds is 41. The molecule has 0 fully saturated rings. The molecular weight excluding hydrogens is 687 g/mol. The largest absolute Gasteiger partial charge is 0.469 e. The lowest BCUT2D eigenvalue weighted by Gasteiger charge is -2.18. The number of hydrogen-bond acceptors (Lipinski definition) is 6. The number of phosphoric acid groups is 1. The molecule has 0 rings (SSSR count). The molecule has 0 aromatic carbocycles. The van der Waals surface area contributed by atoms with Gasteiger partial charge in [-0.1, -0.05) is 199 Å². The molecular formula is C44H83O8P. The first-order valence-corrected chi connectivity index (χ1v) is 23.7. The summed E-state index contributed by atoms with van der Waals surface area (Å²) in [5, 5.41) is 0. The summed E-state index contributed by atoms with van der Waals surface area (Å²) in [6.07, 6.45) is 46.2. The van der Waals surface area contributed by atoms with Gasteiger partial charge >= 0.3 is 19.8 Å². The average Bonchev–Trinajstić information content (AvgIpc) is 3.13. The molecule has 0 saturated carbocycles. The Morgan fingerprint density at radius 2 is 0.868 bits per heavy atom. The summed E-state index contributed by atoms with van der Waals surface area (Å²) in [4.78, 5) is 42.9. The molecule has 1 unspecified atom stereocenters. The fourth-order valence-corrected chi connectivity index (χ4v) is 6.75. The van der Waals surface area contributed by atoms with Gasteiger partial charge < -0.3 is 19.3 Å². The lowest BCUT2D eigenvalue weighted by atomic mass is 10.0. The van der Waals surface area contributed by atoms with Crippen LogP contribution in [0.3, 0.4) is 0 Å². The van der Waals surface area contributed by atoms with Crippen LogP contribution < -0.4 is 0 Å². The summed E-state index contributed by atoms with van der Waals surface area (Å²) < 4.78 is 26.4. The molecule has 1 atom stereocenters. The van der Waals surface area contributed by atoms with Crippen LogP contribution in [0.4, 0.5) is 0 Å². The van der Waals surface area contributed by atoms with Crippen LogP contribution in [0.2, 0.25) is 0 Å². The predicted molar refractivity (Wildman–Crippen MR) is 221 cm³/mol. The van der Waals surface area contributed by atoms with Crippen molar-refractivity contribution in [3.8, 4) is 0 Å². The Labute approximate surface area is 326 Å². The van der Waals surface area contributed by atoms with E-state index >= 15 is 0 Å². The Hall–Kier alpha value is -1.47. The van der Waals surface area contributed by atoms with Crippen molar-refractivity contribution in [1.29, 1.82) is 0 Å². The summed E-state index contributed by atoms with van der Waals surface area (Å²) >= 11 is 0. The van der Waals surface area contributed by atoms with Gasteiger partial charge in [-0.15, -0.1) is 0 Å². The Morgan fingerprint density at radius 1 is 0.491 bits per heavy atom. The third-order valence-electron chi connectivity index (χ3n) is 9.72. The molecule has 9 heteroatoms. The van der Waals surface area contributed by atoms with Gasteiger partial charge in [-0.25, -0.2) is 4.57 Å². The van der Waals surface area contributed by atoms with Crippen LogP contribution in [0.25, 0.3) is 0 Å². The van der Waals surface area contributed by atoms with Gasteiger partial charge in [-0.3, -0.25) is 14.1 Å². The molecule has 0 amide bonds. The fraction of sp³-hybridized carbons (Fsp3) is 0.864. The number of allylic oxidation sites excluding steroid dienone is 4. The first kappa shape index (κ1) is 51.5. The van der Waals surface area contributed by atoms with Gasteiger partial charge in [0.2, 0.25) is 0 Å². The van der Waals surface area contributed by atoms with Gasteiger partial charge in [-0.05, 0) is 38.5 Å². The van der Waals surface area contributed by atoms with Gasteiger partial charge in [0, 0.05) is 12.8 Å². The zero-order valence-electron chi connectivity index (χ0n) is 34.4. The topological polar surface area (TPSA) is 119 Å². The quantitative estimate of drug-likeness (QED) is 0.0273. The van der Waals surface area contributed by atoms with Gasteiger partial charge in [0.25, 0.3) is 0 Å². The van der Waals surface area contributed by atoms with E-state index in [0.717, 1.165) is 64.2 Å². The van der Waals surface area contributed by atoms with Crippen molar-refractivity contribution in [2.24, 2.45) is 0 Å². The second kappa shape index (κ2) is 40.2. The van der Waals surface area contributed by atoms with E-state index in [2.05, 4.69) is 42.7 Å². The Kier molecular flexibility index (Phi) is 39.1. The van der Waals surface area contributed by atoms with Crippen LogP contribution >= 0.6 is 7.82 Å². The molecule has 0 aromatic rings. The van der Waals surface area contributed by atoms with Gasteiger partial charge in [0.1, 0.15) is 6.61 Å². The normalized spacial score (nSPS) is 12.6. The number of esters is 2. The first-order chi connectivity index (χ1) is 25.8. The molecule has 0 spiro atoms. The highest BCUT2D eigenvalue weighted by Gasteiger charge is 2.22. The van der Waals surface area contributed by atoms with Crippen molar-refractivity contribution in [3.05, 3.63) is 24.3 Å². The average molecular weight is 771 g/mol. The lowest BCUT2D eigenvalue weighted by Crippen LogP contribution is -2.29. The molecule has 0 radical (unpaired) electrons. The maximum atomic E-state index is 12.4. The van der Waals surface area contributed by atoms with E-state index in [1.807, 2.05) is 0 Å². The van der Waals surface area contributed by atoms with Crippen molar-refractivity contribution in [3.63, 3.8) is 0 Å². The first-order valence-electron chi connectivity index (χ1n) is 22.1. The van der Waals surface area contributed by atoms with E-state index in [1.165, 1.54) is 128 Å². The maximum Gasteiger partial charge on any atom is 0.469 e. The fourth-order valence-electron chi connectivity index (χ4n) is 6.39. The molecule has 8 nitrogen and oxygen atoms in total. The van der Waals surface area contributed by atoms with Crippen LogP contribution in [0.5, 0.6) is 0 Å². The molecule has 0 aliphatic carbocycles. The summed E-state index contributed by atoms with van der Waals surface area (Å²) in [5.74, 6) is -0.891.